The van der Waals surface area contributed by atoms with Crippen LogP contribution in [0.3, 0.4) is 0 Å². The second-order valence-corrected chi connectivity index (χ2v) is 9.17. The van der Waals surface area contributed by atoms with Gasteiger partial charge in [0.15, 0.2) is 0 Å². The van der Waals surface area contributed by atoms with Crippen molar-refractivity contribution >= 4 is 40.0 Å². The molecule has 176 valence electrons. The molecule has 1 fully saturated rings. The molecule has 0 radical (unpaired) electrons. The summed E-state index contributed by atoms with van der Waals surface area (Å²) < 4.78 is 0. The number of nitrogens with zero attached hydrogens (tertiary/aromatic N) is 2. The summed E-state index contributed by atoms with van der Waals surface area (Å²) >= 11 is 6.34. The van der Waals surface area contributed by atoms with Crippen LogP contribution in [0.5, 0.6) is 0 Å². The molecule has 0 atom stereocenters. The number of carbonyl (C=O) groups is 2. The Labute approximate surface area is 208 Å². The van der Waals surface area contributed by atoms with E-state index < -0.39 is 0 Å². The second kappa shape index (κ2) is 10.2. The van der Waals surface area contributed by atoms with Crippen molar-refractivity contribution in [1.29, 1.82) is 0 Å². The van der Waals surface area contributed by atoms with Gasteiger partial charge >= 0.3 is 0 Å². The van der Waals surface area contributed by atoms with Gasteiger partial charge in [-0.1, -0.05) is 49.1 Å². The molecule has 1 saturated carbocycles. The Morgan fingerprint density at radius 1 is 0.857 bits per heavy atom. The van der Waals surface area contributed by atoms with Gasteiger partial charge in [0, 0.05) is 35.1 Å². The molecule has 5 rings (SSSR count). The van der Waals surface area contributed by atoms with Crippen molar-refractivity contribution in [1.82, 2.24) is 15.3 Å². The average molecular weight is 485 g/mol. The minimum atomic E-state index is -0.292. The first-order valence-electron chi connectivity index (χ1n) is 11.8. The summed E-state index contributed by atoms with van der Waals surface area (Å²) in [7, 11) is 0. The molecule has 7 heteroatoms. The number of amides is 2. The standard InChI is InChI=1S/C28H25ClN4O2/c29-24-11-10-20(16-23(24)28(35)31-19-6-2-1-3-7-19)32-27(34)22-17-26(18-12-14-30-15-13-18)33-25-9-5-4-8-21(22)25/h4-5,8-17,19H,1-3,6-7H2,(H,31,35)(H,32,34). The van der Waals surface area contributed by atoms with Gasteiger partial charge in [-0.25, -0.2) is 4.98 Å². The van der Waals surface area contributed by atoms with Crippen molar-refractivity contribution in [2.24, 2.45) is 0 Å². The number of rotatable bonds is 5. The van der Waals surface area contributed by atoms with Crippen molar-refractivity contribution in [2.45, 2.75) is 38.1 Å². The summed E-state index contributed by atoms with van der Waals surface area (Å²) in [6, 6.07) is 18.2. The number of pyridine rings is 2. The van der Waals surface area contributed by atoms with Gasteiger partial charge in [0.1, 0.15) is 0 Å². The van der Waals surface area contributed by atoms with Crippen molar-refractivity contribution in [3.63, 3.8) is 0 Å². The summed E-state index contributed by atoms with van der Waals surface area (Å²) in [6.07, 6.45) is 8.80. The van der Waals surface area contributed by atoms with Crippen LogP contribution in [0.15, 0.2) is 73.1 Å². The van der Waals surface area contributed by atoms with Crippen LogP contribution in [0.1, 0.15) is 52.8 Å². The van der Waals surface area contributed by atoms with Gasteiger partial charge in [-0.2, -0.15) is 0 Å². The molecule has 2 N–H and O–H groups in total. The van der Waals surface area contributed by atoms with E-state index in [1.54, 1.807) is 36.7 Å². The van der Waals surface area contributed by atoms with Crippen molar-refractivity contribution in [3.05, 3.63) is 89.2 Å². The third kappa shape index (κ3) is 5.17. The highest BCUT2D eigenvalue weighted by molar-refractivity contribution is 6.34. The first kappa shape index (κ1) is 23.0. The summed E-state index contributed by atoms with van der Waals surface area (Å²) in [5.41, 5.74) is 3.61. The zero-order chi connectivity index (χ0) is 24.2. The summed E-state index contributed by atoms with van der Waals surface area (Å²) in [6.45, 7) is 0. The number of nitrogens with one attached hydrogen (secondary N) is 2. The molecule has 0 unspecified atom stereocenters. The number of fused-ring (bicyclic) bond motifs is 1. The van der Waals surface area contributed by atoms with Gasteiger partial charge in [0.2, 0.25) is 0 Å². The number of para-hydroxylation sites is 1. The molecule has 1 aliphatic rings. The lowest BCUT2D eigenvalue weighted by molar-refractivity contribution is 0.0926. The Morgan fingerprint density at radius 3 is 2.43 bits per heavy atom. The number of carbonyl (C=O) groups excluding carboxylic acids is 2. The van der Waals surface area contributed by atoms with E-state index in [1.165, 1.54) is 6.42 Å². The number of benzene rings is 2. The van der Waals surface area contributed by atoms with E-state index in [0.29, 0.717) is 27.5 Å². The molecule has 4 aromatic rings. The monoisotopic (exact) mass is 484 g/mol. The highest BCUT2D eigenvalue weighted by Crippen LogP contribution is 2.27. The van der Waals surface area contributed by atoms with E-state index >= 15 is 0 Å². The van der Waals surface area contributed by atoms with Crippen LogP contribution in [0.4, 0.5) is 5.69 Å². The summed E-state index contributed by atoms with van der Waals surface area (Å²) in [5, 5.41) is 7.12. The van der Waals surface area contributed by atoms with Gasteiger partial charge in [-0.05, 0) is 55.3 Å². The highest BCUT2D eigenvalue weighted by atomic mass is 35.5. The zero-order valence-electron chi connectivity index (χ0n) is 19.1. The van der Waals surface area contributed by atoms with E-state index in [9.17, 15) is 9.59 Å². The average Bonchev–Trinajstić information content (AvgIpc) is 2.90. The third-order valence-electron chi connectivity index (χ3n) is 6.35. The number of halogens is 1. The molecule has 0 bridgehead atoms. The Kier molecular flexibility index (Phi) is 6.73. The Hall–Kier alpha value is -3.77. The quantitative estimate of drug-likeness (QED) is 0.350. The Bertz CT molecular complexity index is 1380. The number of hydrogen-bond donors (Lipinski definition) is 2. The van der Waals surface area contributed by atoms with Crippen LogP contribution in [0, 0.1) is 0 Å². The predicted octanol–water partition coefficient (Wildman–Crippen LogP) is 6.27. The van der Waals surface area contributed by atoms with Gasteiger partial charge in [-0.3, -0.25) is 14.6 Å². The second-order valence-electron chi connectivity index (χ2n) is 8.77. The van der Waals surface area contributed by atoms with Crippen LogP contribution in [0.25, 0.3) is 22.2 Å². The molecule has 2 aromatic carbocycles. The molecule has 0 spiro atoms. The lowest BCUT2D eigenvalue weighted by Gasteiger charge is -2.23. The van der Waals surface area contributed by atoms with Crippen LogP contribution < -0.4 is 10.6 Å². The van der Waals surface area contributed by atoms with Crippen molar-refractivity contribution in [3.8, 4) is 11.3 Å². The van der Waals surface area contributed by atoms with Crippen LogP contribution in [0.2, 0.25) is 5.02 Å². The van der Waals surface area contributed by atoms with Gasteiger partial charge in [-0.15, -0.1) is 0 Å². The number of hydrogen-bond acceptors (Lipinski definition) is 4. The topological polar surface area (TPSA) is 84.0 Å². The first-order chi connectivity index (χ1) is 17.1. The summed E-state index contributed by atoms with van der Waals surface area (Å²) in [5.74, 6) is -0.507. The minimum absolute atomic E-state index is 0.167. The maximum absolute atomic E-state index is 13.4. The molecule has 6 nitrogen and oxygen atoms in total. The first-order valence-corrected chi connectivity index (χ1v) is 12.2. The molecule has 35 heavy (non-hydrogen) atoms. The lowest BCUT2D eigenvalue weighted by Crippen LogP contribution is -2.36. The van der Waals surface area contributed by atoms with E-state index in [1.807, 2.05) is 36.4 Å². The summed E-state index contributed by atoms with van der Waals surface area (Å²) in [4.78, 5) is 35.1. The molecule has 2 aromatic heterocycles. The van der Waals surface area contributed by atoms with E-state index in [0.717, 1.165) is 42.1 Å². The largest absolute Gasteiger partial charge is 0.349 e. The zero-order valence-corrected chi connectivity index (χ0v) is 19.9. The van der Waals surface area contributed by atoms with E-state index in [-0.39, 0.29) is 17.9 Å². The smallest absolute Gasteiger partial charge is 0.256 e. The predicted molar refractivity (Wildman–Crippen MR) is 139 cm³/mol. The molecular formula is C28H25ClN4O2. The fraction of sp³-hybridized carbons (Fsp3) is 0.214. The normalized spacial score (nSPS) is 14.0. The van der Waals surface area contributed by atoms with Crippen LogP contribution >= 0.6 is 11.6 Å². The van der Waals surface area contributed by atoms with Gasteiger partial charge < -0.3 is 10.6 Å². The lowest BCUT2D eigenvalue weighted by atomic mass is 9.95. The number of aromatic nitrogens is 2. The van der Waals surface area contributed by atoms with Crippen molar-refractivity contribution in [2.75, 3.05) is 5.32 Å². The number of anilines is 1. The fourth-order valence-corrected chi connectivity index (χ4v) is 4.72. The van der Waals surface area contributed by atoms with Gasteiger partial charge in [0.05, 0.1) is 27.4 Å². The molecular weight excluding hydrogens is 460 g/mol. The Morgan fingerprint density at radius 2 is 1.63 bits per heavy atom. The minimum Gasteiger partial charge on any atom is -0.349 e. The molecule has 0 saturated heterocycles. The Balaban J connectivity index is 1.43. The SMILES string of the molecule is O=C(NC1CCCCC1)c1cc(NC(=O)c2cc(-c3ccncc3)nc3ccccc23)ccc1Cl. The fourth-order valence-electron chi connectivity index (χ4n) is 4.52. The van der Waals surface area contributed by atoms with Crippen LogP contribution in [-0.4, -0.2) is 27.8 Å². The molecule has 2 amide bonds. The van der Waals surface area contributed by atoms with Gasteiger partial charge in [0.25, 0.3) is 11.8 Å². The highest BCUT2D eigenvalue weighted by Gasteiger charge is 2.20. The molecule has 0 aliphatic heterocycles. The third-order valence-corrected chi connectivity index (χ3v) is 6.68. The maximum atomic E-state index is 13.4. The molecule has 1 aliphatic carbocycles. The van der Waals surface area contributed by atoms with E-state index in [4.69, 9.17) is 16.6 Å². The van der Waals surface area contributed by atoms with Crippen molar-refractivity contribution < 1.29 is 9.59 Å². The van der Waals surface area contributed by atoms with Crippen LogP contribution in [-0.2, 0) is 0 Å². The maximum Gasteiger partial charge on any atom is 0.256 e. The molecule has 2 heterocycles. The van der Waals surface area contributed by atoms with E-state index in [2.05, 4.69) is 15.6 Å².